The van der Waals surface area contributed by atoms with Crippen LogP contribution in [-0.4, -0.2) is 28.2 Å². The number of anilines is 1. The van der Waals surface area contributed by atoms with Crippen molar-refractivity contribution in [1.29, 1.82) is 0 Å². The van der Waals surface area contributed by atoms with Crippen LogP contribution < -0.4 is 5.73 Å². The molecule has 0 bridgehead atoms. The second-order valence-electron chi connectivity index (χ2n) is 5.22. The van der Waals surface area contributed by atoms with E-state index < -0.39 is 11.9 Å². The number of carbonyl (C=O) groups is 2. The van der Waals surface area contributed by atoms with Gasteiger partial charge < -0.3 is 20.0 Å². The largest absolute Gasteiger partial charge is 0.460 e. The summed E-state index contributed by atoms with van der Waals surface area (Å²) in [6, 6.07) is 6.22. The Morgan fingerprint density at radius 2 is 2.12 bits per heavy atom. The monoisotopic (exact) mass is 362 g/mol. The number of hydrogen-bond acceptors (Lipinski definition) is 6. The number of aliphatic hydroxyl groups excluding tert-OH is 1. The Morgan fingerprint density at radius 3 is 2.80 bits per heavy atom. The highest BCUT2D eigenvalue weighted by molar-refractivity contribution is 6.31. The van der Waals surface area contributed by atoms with Gasteiger partial charge >= 0.3 is 6.09 Å². The van der Waals surface area contributed by atoms with Crippen LogP contribution in [0, 0.1) is 0 Å². The summed E-state index contributed by atoms with van der Waals surface area (Å²) in [4.78, 5) is 25.4. The first-order chi connectivity index (χ1) is 12.0. The van der Waals surface area contributed by atoms with Gasteiger partial charge in [0.1, 0.15) is 5.69 Å². The Bertz CT molecular complexity index is 973. The predicted molar refractivity (Wildman–Crippen MR) is 91.8 cm³/mol. The van der Waals surface area contributed by atoms with Crippen LogP contribution in [0.15, 0.2) is 34.9 Å². The first-order valence-corrected chi connectivity index (χ1v) is 7.85. The van der Waals surface area contributed by atoms with Gasteiger partial charge in [-0.05, 0) is 31.2 Å². The molecular formula is C17H15ClN2O5. The third-order valence-electron chi connectivity index (χ3n) is 3.76. The standard InChI is InChI=1S/C17H15ClN2O5/c1-2-24-17(23)20-12-7-10(18)3-4-11(12)13(19)14(20)15(22)16-9(8-21)5-6-25-16/h3-7,21H,2,8,19H2,1H3. The molecule has 0 atom stereocenters. The van der Waals surface area contributed by atoms with Gasteiger partial charge in [-0.1, -0.05) is 11.6 Å². The third-order valence-corrected chi connectivity index (χ3v) is 3.99. The van der Waals surface area contributed by atoms with Crippen molar-refractivity contribution in [2.45, 2.75) is 13.5 Å². The van der Waals surface area contributed by atoms with Gasteiger partial charge in [-0.25, -0.2) is 9.36 Å². The van der Waals surface area contributed by atoms with Crippen molar-refractivity contribution in [3.63, 3.8) is 0 Å². The number of aliphatic hydroxyl groups is 1. The quantitative estimate of drug-likeness (QED) is 0.690. The Balaban J connectivity index is 2.30. The highest BCUT2D eigenvalue weighted by atomic mass is 35.5. The maximum atomic E-state index is 12.9. The number of furan rings is 1. The predicted octanol–water partition coefficient (Wildman–Crippen LogP) is 3.20. The summed E-state index contributed by atoms with van der Waals surface area (Å²) >= 11 is 6.02. The number of fused-ring (bicyclic) bond motifs is 1. The number of aromatic nitrogens is 1. The molecule has 2 aromatic heterocycles. The topological polar surface area (TPSA) is 108 Å². The van der Waals surface area contributed by atoms with Crippen molar-refractivity contribution in [1.82, 2.24) is 4.57 Å². The fourth-order valence-electron chi connectivity index (χ4n) is 2.65. The molecule has 0 saturated carbocycles. The first kappa shape index (κ1) is 17.1. The van der Waals surface area contributed by atoms with E-state index in [9.17, 15) is 14.7 Å². The van der Waals surface area contributed by atoms with Crippen LogP contribution in [0.5, 0.6) is 0 Å². The molecule has 0 radical (unpaired) electrons. The van der Waals surface area contributed by atoms with Crippen LogP contribution >= 0.6 is 11.6 Å². The molecule has 3 N–H and O–H groups in total. The summed E-state index contributed by atoms with van der Waals surface area (Å²) in [6.07, 6.45) is 0.523. The molecule has 0 aliphatic carbocycles. The van der Waals surface area contributed by atoms with Crippen molar-refractivity contribution >= 4 is 40.1 Å². The average molecular weight is 363 g/mol. The van der Waals surface area contributed by atoms with E-state index in [-0.39, 0.29) is 30.4 Å². The van der Waals surface area contributed by atoms with Crippen molar-refractivity contribution in [2.24, 2.45) is 0 Å². The van der Waals surface area contributed by atoms with E-state index in [1.165, 1.54) is 18.4 Å². The van der Waals surface area contributed by atoms with E-state index in [1.807, 2.05) is 0 Å². The second kappa shape index (κ2) is 6.62. The normalized spacial score (nSPS) is 11.0. The van der Waals surface area contributed by atoms with Crippen LogP contribution in [0.25, 0.3) is 10.9 Å². The number of ketones is 1. The molecule has 3 aromatic rings. The zero-order chi connectivity index (χ0) is 18.1. The lowest BCUT2D eigenvalue weighted by Gasteiger charge is -2.09. The van der Waals surface area contributed by atoms with Gasteiger partial charge in [0.05, 0.1) is 30.7 Å². The molecule has 0 spiro atoms. The number of halogens is 1. The highest BCUT2D eigenvalue weighted by Gasteiger charge is 2.29. The molecule has 0 amide bonds. The number of benzene rings is 1. The SMILES string of the molecule is CCOC(=O)n1c(C(=O)c2occc2CO)c(N)c2ccc(Cl)cc21. The van der Waals surface area contributed by atoms with E-state index in [1.54, 1.807) is 19.1 Å². The Morgan fingerprint density at radius 1 is 1.36 bits per heavy atom. The molecule has 0 aliphatic rings. The number of hydrogen-bond donors (Lipinski definition) is 2. The molecule has 8 heteroatoms. The van der Waals surface area contributed by atoms with Crippen LogP contribution in [0.2, 0.25) is 5.02 Å². The maximum Gasteiger partial charge on any atom is 0.419 e. The lowest BCUT2D eigenvalue weighted by molar-refractivity contribution is 0.0992. The number of carbonyl (C=O) groups excluding carboxylic acids is 2. The third kappa shape index (κ3) is 2.77. The smallest absolute Gasteiger partial charge is 0.419 e. The Kier molecular flexibility index (Phi) is 4.52. The summed E-state index contributed by atoms with van der Waals surface area (Å²) in [5.74, 6) is -0.722. The number of ether oxygens (including phenoxy) is 1. The van der Waals surface area contributed by atoms with E-state index in [0.29, 0.717) is 21.5 Å². The summed E-state index contributed by atoms with van der Waals surface area (Å²) in [5.41, 5.74) is 6.78. The summed E-state index contributed by atoms with van der Waals surface area (Å²) < 4.78 is 11.3. The molecule has 3 rings (SSSR count). The van der Waals surface area contributed by atoms with Gasteiger partial charge in [-0.3, -0.25) is 4.79 Å². The number of rotatable bonds is 4. The molecular weight excluding hydrogens is 348 g/mol. The minimum Gasteiger partial charge on any atom is -0.460 e. The van der Waals surface area contributed by atoms with Gasteiger partial charge in [0.15, 0.2) is 5.76 Å². The molecule has 0 unspecified atom stereocenters. The summed E-state index contributed by atoms with van der Waals surface area (Å²) in [6.45, 7) is 1.38. The van der Waals surface area contributed by atoms with E-state index in [0.717, 1.165) is 4.57 Å². The van der Waals surface area contributed by atoms with Gasteiger partial charge in [0, 0.05) is 16.0 Å². The van der Waals surface area contributed by atoms with Crippen molar-refractivity contribution in [2.75, 3.05) is 12.3 Å². The first-order valence-electron chi connectivity index (χ1n) is 7.48. The van der Waals surface area contributed by atoms with Crippen molar-refractivity contribution in [3.8, 4) is 0 Å². The molecule has 1 aromatic carbocycles. The zero-order valence-corrected chi connectivity index (χ0v) is 14.0. The van der Waals surface area contributed by atoms with E-state index in [2.05, 4.69) is 0 Å². The maximum absolute atomic E-state index is 12.9. The average Bonchev–Trinajstić information content (AvgIpc) is 3.17. The Labute approximate surface area is 147 Å². The van der Waals surface area contributed by atoms with Gasteiger partial charge in [-0.2, -0.15) is 0 Å². The van der Waals surface area contributed by atoms with Crippen molar-refractivity contribution < 1.29 is 23.8 Å². The highest BCUT2D eigenvalue weighted by Crippen LogP contribution is 2.33. The van der Waals surface area contributed by atoms with Crippen LogP contribution in [0.3, 0.4) is 0 Å². The number of nitrogen functional groups attached to an aromatic ring is 1. The minimum atomic E-state index is -0.757. The van der Waals surface area contributed by atoms with E-state index >= 15 is 0 Å². The zero-order valence-electron chi connectivity index (χ0n) is 13.3. The van der Waals surface area contributed by atoms with Crippen molar-refractivity contribution in [3.05, 3.63) is 52.6 Å². The molecule has 0 fully saturated rings. The lowest BCUT2D eigenvalue weighted by atomic mass is 10.1. The van der Waals surface area contributed by atoms with Crippen LogP contribution in [0.4, 0.5) is 10.5 Å². The molecule has 0 aliphatic heterocycles. The molecule has 2 heterocycles. The molecule has 25 heavy (non-hydrogen) atoms. The fraction of sp³-hybridized carbons (Fsp3) is 0.176. The van der Waals surface area contributed by atoms with Crippen LogP contribution in [0.1, 0.15) is 28.7 Å². The van der Waals surface area contributed by atoms with Gasteiger partial charge in [0.2, 0.25) is 5.78 Å². The van der Waals surface area contributed by atoms with Gasteiger partial charge in [-0.15, -0.1) is 0 Å². The van der Waals surface area contributed by atoms with E-state index in [4.69, 9.17) is 26.5 Å². The lowest BCUT2D eigenvalue weighted by Crippen LogP contribution is -2.20. The summed E-state index contributed by atoms with van der Waals surface area (Å²) in [5, 5.41) is 10.2. The van der Waals surface area contributed by atoms with Crippen LogP contribution in [-0.2, 0) is 11.3 Å². The molecule has 7 nitrogen and oxygen atoms in total. The fourth-order valence-corrected chi connectivity index (χ4v) is 2.82. The molecule has 130 valence electrons. The second-order valence-corrected chi connectivity index (χ2v) is 5.66. The number of nitrogens with zero attached hydrogens (tertiary/aromatic N) is 1. The molecule has 0 saturated heterocycles. The van der Waals surface area contributed by atoms with Gasteiger partial charge in [0.25, 0.3) is 0 Å². The summed E-state index contributed by atoms with van der Waals surface area (Å²) in [7, 11) is 0. The Hall–Kier alpha value is -2.77. The number of nitrogens with two attached hydrogens (primary N) is 1. The minimum absolute atomic E-state index is 0.0892.